The molecule has 0 amide bonds. The lowest BCUT2D eigenvalue weighted by Gasteiger charge is -2.01. The molecule has 0 aliphatic rings. The van der Waals surface area contributed by atoms with Crippen LogP contribution >= 0.6 is 0 Å². The Labute approximate surface area is 65.0 Å². The third-order valence-corrected chi connectivity index (χ3v) is 1.21. The Morgan fingerprint density at radius 1 is 1.64 bits per heavy atom. The van der Waals surface area contributed by atoms with Crippen molar-refractivity contribution in [2.24, 2.45) is 0 Å². The van der Waals surface area contributed by atoms with E-state index in [1.807, 2.05) is 0 Å². The van der Waals surface area contributed by atoms with E-state index < -0.39 is 0 Å². The molecule has 0 aromatic carbocycles. The fourth-order valence-corrected chi connectivity index (χ4v) is 0.732. The van der Waals surface area contributed by atoms with E-state index >= 15 is 0 Å². The Balaban J connectivity index is 2.86. The third kappa shape index (κ3) is 2.04. The summed E-state index contributed by atoms with van der Waals surface area (Å²) in [4.78, 5) is 14.5. The van der Waals surface area contributed by atoms with Crippen molar-refractivity contribution in [1.82, 2.24) is 4.98 Å². The van der Waals surface area contributed by atoms with Gasteiger partial charge >= 0.3 is 5.97 Å². The number of ether oxygens (including phenoxy) is 1. The van der Waals surface area contributed by atoms with Crippen molar-refractivity contribution >= 4 is 5.97 Å². The highest BCUT2D eigenvalue weighted by atomic mass is 16.5. The number of aryl methyl sites for hydroxylation is 1. The summed E-state index contributed by atoms with van der Waals surface area (Å²) in [7, 11) is 0. The predicted molar refractivity (Wildman–Crippen MR) is 40.3 cm³/mol. The van der Waals surface area contributed by atoms with Gasteiger partial charge in [-0.1, -0.05) is 0 Å². The van der Waals surface area contributed by atoms with Gasteiger partial charge in [0.2, 0.25) is 0 Å². The smallest absolute Gasteiger partial charge is 0.308 e. The van der Waals surface area contributed by atoms with E-state index in [9.17, 15) is 4.79 Å². The minimum atomic E-state index is -0.318. The van der Waals surface area contributed by atoms with E-state index in [1.54, 1.807) is 25.3 Å². The minimum Gasteiger partial charge on any atom is -0.425 e. The summed E-state index contributed by atoms with van der Waals surface area (Å²) < 4.78 is 4.84. The Kier molecular flexibility index (Phi) is 2.21. The minimum absolute atomic E-state index is 0.318. The number of esters is 1. The molecular formula is C8H9NO2. The van der Waals surface area contributed by atoms with Crippen LogP contribution in [0.2, 0.25) is 0 Å². The Hall–Kier alpha value is -1.38. The summed E-state index contributed by atoms with van der Waals surface area (Å²) in [6.07, 6.45) is 1.66. The van der Waals surface area contributed by atoms with E-state index in [0.29, 0.717) is 5.75 Å². The molecule has 1 rings (SSSR count). The van der Waals surface area contributed by atoms with Gasteiger partial charge in [-0.2, -0.15) is 0 Å². The zero-order valence-corrected chi connectivity index (χ0v) is 6.50. The van der Waals surface area contributed by atoms with Gasteiger partial charge in [0, 0.05) is 13.1 Å². The lowest BCUT2D eigenvalue weighted by Crippen LogP contribution is -2.03. The van der Waals surface area contributed by atoms with Crippen molar-refractivity contribution in [2.45, 2.75) is 13.8 Å². The molecule has 0 aliphatic carbocycles. The largest absolute Gasteiger partial charge is 0.425 e. The lowest BCUT2D eigenvalue weighted by molar-refractivity contribution is -0.131. The van der Waals surface area contributed by atoms with Crippen LogP contribution in [-0.2, 0) is 4.79 Å². The monoisotopic (exact) mass is 151 g/mol. The van der Waals surface area contributed by atoms with Gasteiger partial charge in [-0.25, -0.2) is 0 Å². The molecule has 0 unspecified atom stereocenters. The fourth-order valence-electron chi connectivity index (χ4n) is 0.732. The number of aromatic nitrogens is 1. The van der Waals surface area contributed by atoms with Crippen molar-refractivity contribution < 1.29 is 9.53 Å². The zero-order valence-electron chi connectivity index (χ0n) is 6.50. The van der Waals surface area contributed by atoms with E-state index in [0.717, 1.165) is 5.69 Å². The zero-order chi connectivity index (χ0) is 8.27. The van der Waals surface area contributed by atoms with Crippen LogP contribution in [0.3, 0.4) is 0 Å². The summed E-state index contributed by atoms with van der Waals surface area (Å²) in [5, 5.41) is 0. The highest BCUT2D eigenvalue weighted by molar-refractivity contribution is 5.69. The molecule has 0 fully saturated rings. The van der Waals surface area contributed by atoms with Crippen LogP contribution in [0, 0.1) is 6.92 Å². The second-order valence-corrected chi connectivity index (χ2v) is 2.18. The molecule has 1 aromatic rings. The number of nitrogens with zero attached hydrogens (tertiary/aromatic N) is 1. The number of carbonyl (C=O) groups excluding carboxylic acids is 1. The Bertz CT molecular complexity index is 271. The highest BCUT2D eigenvalue weighted by Crippen LogP contribution is 2.12. The molecule has 0 N–H and O–H groups in total. The Morgan fingerprint density at radius 3 is 2.91 bits per heavy atom. The standard InChI is InChI=1S/C8H9NO2/c1-6-8(11-7(2)10)4-3-5-9-6/h3-5H,1-2H3. The normalized spacial score (nSPS) is 9.27. The van der Waals surface area contributed by atoms with Gasteiger partial charge in [0.05, 0.1) is 5.69 Å². The summed E-state index contributed by atoms with van der Waals surface area (Å²) >= 11 is 0. The first kappa shape index (κ1) is 7.72. The van der Waals surface area contributed by atoms with Gasteiger partial charge in [-0.3, -0.25) is 9.78 Å². The molecule has 0 atom stereocenters. The lowest BCUT2D eigenvalue weighted by atomic mass is 10.3. The van der Waals surface area contributed by atoms with E-state index in [2.05, 4.69) is 4.98 Å². The molecule has 11 heavy (non-hydrogen) atoms. The number of hydrogen-bond donors (Lipinski definition) is 0. The molecule has 0 radical (unpaired) electrons. The fraction of sp³-hybridized carbons (Fsp3) is 0.250. The van der Waals surface area contributed by atoms with Crippen LogP contribution in [0.1, 0.15) is 12.6 Å². The molecule has 3 heteroatoms. The molecule has 0 aliphatic heterocycles. The molecule has 1 heterocycles. The summed E-state index contributed by atoms with van der Waals surface area (Å²) in [5.74, 6) is 0.209. The van der Waals surface area contributed by atoms with Crippen molar-refractivity contribution in [1.29, 1.82) is 0 Å². The van der Waals surface area contributed by atoms with Crippen molar-refractivity contribution in [3.8, 4) is 5.75 Å². The quantitative estimate of drug-likeness (QED) is 0.568. The maximum Gasteiger partial charge on any atom is 0.308 e. The van der Waals surface area contributed by atoms with Crippen LogP contribution in [0.4, 0.5) is 0 Å². The topological polar surface area (TPSA) is 39.2 Å². The Morgan fingerprint density at radius 2 is 2.36 bits per heavy atom. The summed E-state index contributed by atoms with van der Waals surface area (Å²) in [5.41, 5.74) is 0.725. The van der Waals surface area contributed by atoms with Crippen LogP contribution in [0.5, 0.6) is 5.75 Å². The van der Waals surface area contributed by atoms with Crippen LogP contribution in [0.15, 0.2) is 18.3 Å². The number of rotatable bonds is 1. The molecular weight excluding hydrogens is 142 g/mol. The van der Waals surface area contributed by atoms with Crippen molar-refractivity contribution in [3.05, 3.63) is 24.0 Å². The van der Waals surface area contributed by atoms with E-state index in [-0.39, 0.29) is 5.97 Å². The summed E-state index contributed by atoms with van der Waals surface area (Å²) in [6.45, 7) is 3.16. The maximum absolute atomic E-state index is 10.5. The maximum atomic E-state index is 10.5. The third-order valence-electron chi connectivity index (χ3n) is 1.21. The first-order valence-corrected chi connectivity index (χ1v) is 3.30. The highest BCUT2D eigenvalue weighted by Gasteiger charge is 2.00. The first-order chi connectivity index (χ1) is 5.20. The number of hydrogen-bond acceptors (Lipinski definition) is 3. The molecule has 58 valence electrons. The van der Waals surface area contributed by atoms with Crippen molar-refractivity contribution in [3.63, 3.8) is 0 Å². The number of carbonyl (C=O) groups is 1. The molecule has 0 spiro atoms. The van der Waals surface area contributed by atoms with Gasteiger partial charge < -0.3 is 4.74 Å². The first-order valence-electron chi connectivity index (χ1n) is 3.30. The molecule has 1 aromatic heterocycles. The van der Waals surface area contributed by atoms with E-state index in [4.69, 9.17) is 4.74 Å². The van der Waals surface area contributed by atoms with Gasteiger partial charge in [0.15, 0.2) is 5.75 Å². The average Bonchev–Trinajstić information content (AvgIpc) is 1.93. The summed E-state index contributed by atoms with van der Waals surface area (Å²) in [6, 6.07) is 3.44. The molecule has 0 bridgehead atoms. The van der Waals surface area contributed by atoms with Crippen LogP contribution in [0.25, 0.3) is 0 Å². The van der Waals surface area contributed by atoms with Crippen LogP contribution < -0.4 is 4.74 Å². The molecule has 0 saturated carbocycles. The molecule has 0 saturated heterocycles. The number of pyridine rings is 1. The predicted octanol–water partition coefficient (Wildman–Crippen LogP) is 1.32. The second-order valence-electron chi connectivity index (χ2n) is 2.18. The van der Waals surface area contributed by atoms with E-state index in [1.165, 1.54) is 6.92 Å². The van der Waals surface area contributed by atoms with Crippen LogP contribution in [-0.4, -0.2) is 11.0 Å². The van der Waals surface area contributed by atoms with Gasteiger partial charge in [0.25, 0.3) is 0 Å². The SMILES string of the molecule is CC(=O)Oc1cccnc1C. The van der Waals surface area contributed by atoms with Gasteiger partial charge in [0.1, 0.15) is 0 Å². The molecule has 3 nitrogen and oxygen atoms in total. The van der Waals surface area contributed by atoms with Crippen molar-refractivity contribution in [2.75, 3.05) is 0 Å². The van der Waals surface area contributed by atoms with Gasteiger partial charge in [-0.15, -0.1) is 0 Å². The second kappa shape index (κ2) is 3.14. The van der Waals surface area contributed by atoms with Gasteiger partial charge in [-0.05, 0) is 19.1 Å². The average molecular weight is 151 g/mol.